The molecule has 0 radical (unpaired) electrons. The molecule has 0 heterocycles. The summed E-state index contributed by atoms with van der Waals surface area (Å²) in [6.07, 6.45) is -0.278. The Morgan fingerprint density at radius 2 is 1.89 bits per heavy atom. The fraction of sp³-hybridized carbons (Fsp3) is 0.385. The van der Waals surface area contributed by atoms with Crippen molar-refractivity contribution in [3.63, 3.8) is 0 Å². The largest absolute Gasteiger partial charge is 0.393 e. The standard InChI is InChI=1S/C13H16O5/c14-9-11(15)13(17)18-12(16)8-4-7-10-5-2-1-3-6-10/h1-3,5-6,11,14-15H,4,7-9H2. The zero-order chi connectivity index (χ0) is 13.4. The van der Waals surface area contributed by atoms with Crippen LogP contribution in [-0.2, 0) is 20.7 Å². The molecule has 0 aliphatic carbocycles. The first kappa shape index (κ1) is 14.3. The van der Waals surface area contributed by atoms with Gasteiger partial charge in [0, 0.05) is 6.42 Å². The SMILES string of the molecule is O=C(CCCc1ccccc1)OC(=O)C(O)CO. The molecule has 0 saturated carbocycles. The predicted octanol–water partition coefficient (Wildman–Crippen LogP) is 0.432. The highest BCUT2D eigenvalue weighted by atomic mass is 16.6. The van der Waals surface area contributed by atoms with Gasteiger partial charge in [-0.05, 0) is 18.4 Å². The number of aliphatic hydroxyl groups excluding tert-OH is 2. The lowest BCUT2D eigenvalue weighted by molar-refractivity contribution is -0.167. The number of carbonyl (C=O) groups is 2. The summed E-state index contributed by atoms with van der Waals surface area (Å²) < 4.78 is 4.35. The molecule has 2 N–H and O–H groups in total. The van der Waals surface area contributed by atoms with Gasteiger partial charge in [-0.1, -0.05) is 30.3 Å². The third-order valence-electron chi connectivity index (χ3n) is 2.35. The van der Waals surface area contributed by atoms with E-state index in [0.29, 0.717) is 12.8 Å². The maximum absolute atomic E-state index is 11.2. The van der Waals surface area contributed by atoms with Crippen LogP contribution in [0.4, 0.5) is 0 Å². The lowest BCUT2D eigenvalue weighted by Gasteiger charge is -2.06. The molecule has 1 aromatic rings. The van der Waals surface area contributed by atoms with E-state index in [4.69, 9.17) is 10.2 Å². The van der Waals surface area contributed by atoms with Crippen molar-refractivity contribution in [3.8, 4) is 0 Å². The van der Waals surface area contributed by atoms with E-state index in [9.17, 15) is 9.59 Å². The summed E-state index contributed by atoms with van der Waals surface area (Å²) in [5.41, 5.74) is 1.10. The second-order valence-corrected chi connectivity index (χ2v) is 3.83. The maximum atomic E-state index is 11.2. The van der Waals surface area contributed by atoms with E-state index < -0.39 is 24.6 Å². The second-order valence-electron chi connectivity index (χ2n) is 3.83. The zero-order valence-electron chi connectivity index (χ0n) is 9.91. The number of aryl methyl sites for hydroxylation is 1. The van der Waals surface area contributed by atoms with Gasteiger partial charge < -0.3 is 14.9 Å². The molecule has 1 rings (SSSR count). The van der Waals surface area contributed by atoms with Gasteiger partial charge in [-0.25, -0.2) is 4.79 Å². The Morgan fingerprint density at radius 1 is 1.22 bits per heavy atom. The summed E-state index contributed by atoms with van der Waals surface area (Å²) in [5, 5.41) is 17.4. The fourth-order valence-corrected chi connectivity index (χ4v) is 1.39. The lowest BCUT2D eigenvalue weighted by Crippen LogP contribution is -2.28. The third kappa shape index (κ3) is 5.07. The Morgan fingerprint density at radius 3 is 2.50 bits per heavy atom. The number of hydrogen-bond donors (Lipinski definition) is 2. The number of carbonyl (C=O) groups excluding carboxylic acids is 2. The van der Waals surface area contributed by atoms with Crippen molar-refractivity contribution in [2.24, 2.45) is 0 Å². The zero-order valence-corrected chi connectivity index (χ0v) is 9.91. The molecule has 0 fully saturated rings. The van der Waals surface area contributed by atoms with Gasteiger partial charge in [0.05, 0.1) is 6.61 Å². The van der Waals surface area contributed by atoms with Gasteiger partial charge in [0.1, 0.15) is 0 Å². The first-order valence-electron chi connectivity index (χ1n) is 5.71. The summed E-state index contributed by atoms with van der Waals surface area (Å²) in [5.74, 6) is -1.80. The van der Waals surface area contributed by atoms with Crippen LogP contribution in [0.5, 0.6) is 0 Å². The van der Waals surface area contributed by atoms with E-state index >= 15 is 0 Å². The van der Waals surface area contributed by atoms with Crippen molar-refractivity contribution in [3.05, 3.63) is 35.9 Å². The third-order valence-corrected chi connectivity index (χ3v) is 2.35. The molecule has 1 unspecified atom stereocenters. The van der Waals surface area contributed by atoms with Crippen LogP contribution < -0.4 is 0 Å². The smallest absolute Gasteiger partial charge is 0.345 e. The van der Waals surface area contributed by atoms with Crippen LogP contribution in [0.1, 0.15) is 18.4 Å². The molecule has 18 heavy (non-hydrogen) atoms. The number of aliphatic hydroxyl groups is 2. The number of rotatable bonds is 6. The number of hydrogen-bond acceptors (Lipinski definition) is 5. The molecule has 0 aromatic heterocycles. The lowest BCUT2D eigenvalue weighted by atomic mass is 10.1. The summed E-state index contributed by atoms with van der Waals surface area (Å²) in [4.78, 5) is 22.2. The Hall–Kier alpha value is -1.72. The highest BCUT2D eigenvalue weighted by Gasteiger charge is 2.18. The van der Waals surface area contributed by atoms with Crippen molar-refractivity contribution < 1.29 is 24.5 Å². The molecule has 5 heteroatoms. The van der Waals surface area contributed by atoms with E-state index in [-0.39, 0.29) is 6.42 Å². The van der Waals surface area contributed by atoms with Crippen molar-refractivity contribution in [2.45, 2.75) is 25.4 Å². The molecule has 5 nitrogen and oxygen atoms in total. The summed E-state index contributed by atoms with van der Waals surface area (Å²) >= 11 is 0. The number of benzene rings is 1. The van der Waals surface area contributed by atoms with Gasteiger partial charge in [0.25, 0.3) is 0 Å². The molecule has 1 aromatic carbocycles. The topological polar surface area (TPSA) is 83.8 Å². The molecule has 0 amide bonds. The fourth-order valence-electron chi connectivity index (χ4n) is 1.39. The highest BCUT2D eigenvalue weighted by molar-refractivity contribution is 5.87. The minimum atomic E-state index is -1.65. The van der Waals surface area contributed by atoms with Gasteiger partial charge in [-0.2, -0.15) is 0 Å². The van der Waals surface area contributed by atoms with Crippen LogP contribution in [0.2, 0.25) is 0 Å². The van der Waals surface area contributed by atoms with Gasteiger partial charge in [0.15, 0.2) is 6.10 Å². The molecule has 0 aliphatic rings. The Kier molecular flexibility index (Phi) is 6.04. The first-order valence-corrected chi connectivity index (χ1v) is 5.71. The molecular formula is C13H16O5. The second kappa shape index (κ2) is 7.58. The first-order chi connectivity index (χ1) is 8.63. The van der Waals surface area contributed by atoms with Gasteiger partial charge in [-0.15, -0.1) is 0 Å². The number of esters is 2. The normalized spacial score (nSPS) is 11.9. The molecule has 0 aliphatic heterocycles. The van der Waals surface area contributed by atoms with E-state index in [2.05, 4.69) is 4.74 Å². The van der Waals surface area contributed by atoms with Crippen LogP contribution in [0.3, 0.4) is 0 Å². The van der Waals surface area contributed by atoms with Crippen molar-refractivity contribution in [2.75, 3.05) is 6.61 Å². The van der Waals surface area contributed by atoms with Crippen LogP contribution in [0.25, 0.3) is 0 Å². The van der Waals surface area contributed by atoms with Crippen LogP contribution in [0.15, 0.2) is 30.3 Å². The quantitative estimate of drug-likeness (QED) is 0.566. The average Bonchev–Trinajstić information content (AvgIpc) is 2.38. The summed E-state index contributed by atoms with van der Waals surface area (Å²) in [7, 11) is 0. The Labute approximate surface area is 105 Å². The molecule has 98 valence electrons. The Balaban J connectivity index is 2.24. The monoisotopic (exact) mass is 252 g/mol. The molecular weight excluding hydrogens is 236 g/mol. The van der Waals surface area contributed by atoms with E-state index in [1.807, 2.05) is 30.3 Å². The predicted molar refractivity (Wildman–Crippen MR) is 63.6 cm³/mol. The van der Waals surface area contributed by atoms with Gasteiger partial charge in [-0.3, -0.25) is 4.79 Å². The summed E-state index contributed by atoms with van der Waals surface area (Å²) in [6, 6.07) is 9.63. The highest BCUT2D eigenvalue weighted by Crippen LogP contribution is 2.05. The minimum Gasteiger partial charge on any atom is -0.393 e. The summed E-state index contributed by atoms with van der Waals surface area (Å²) in [6.45, 7) is -0.754. The van der Waals surface area contributed by atoms with Crippen LogP contribution in [0, 0.1) is 0 Å². The van der Waals surface area contributed by atoms with Crippen LogP contribution in [-0.4, -0.2) is 34.9 Å². The molecule has 0 spiro atoms. The average molecular weight is 252 g/mol. The van der Waals surface area contributed by atoms with Gasteiger partial charge in [0.2, 0.25) is 0 Å². The van der Waals surface area contributed by atoms with Crippen molar-refractivity contribution >= 4 is 11.9 Å². The van der Waals surface area contributed by atoms with Crippen molar-refractivity contribution in [1.82, 2.24) is 0 Å². The van der Waals surface area contributed by atoms with Gasteiger partial charge >= 0.3 is 11.9 Å². The minimum absolute atomic E-state index is 0.0960. The number of ether oxygens (including phenoxy) is 1. The van der Waals surface area contributed by atoms with E-state index in [1.54, 1.807) is 0 Å². The molecule has 1 atom stereocenters. The maximum Gasteiger partial charge on any atom is 0.345 e. The van der Waals surface area contributed by atoms with Crippen LogP contribution >= 0.6 is 0 Å². The molecule has 0 bridgehead atoms. The van der Waals surface area contributed by atoms with E-state index in [1.165, 1.54) is 0 Å². The van der Waals surface area contributed by atoms with E-state index in [0.717, 1.165) is 5.56 Å². The molecule has 0 saturated heterocycles. The van der Waals surface area contributed by atoms with Crippen molar-refractivity contribution in [1.29, 1.82) is 0 Å². The Bertz CT molecular complexity index is 388.